The van der Waals surface area contributed by atoms with Crippen LogP contribution in [0.4, 0.5) is 18.9 Å². The third kappa shape index (κ3) is 12.5. The highest BCUT2D eigenvalue weighted by molar-refractivity contribution is 7.90. The van der Waals surface area contributed by atoms with Crippen LogP contribution in [-0.4, -0.2) is 69.2 Å². The molecule has 2 N–H and O–H groups in total. The number of carboxylic acids is 1. The van der Waals surface area contributed by atoms with E-state index in [1.807, 2.05) is 61.7 Å². The zero-order valence-corrected chi connectivity index (χ0v) is 30.8. The lowest BCUT2D eigenvalue weighted by Gasteiger charge is -2.23. The van der Waals surface area contributed by atoms with E-state index in [-0.39, 0.29) is 18.1 Å². The maximum absolute atomic E-state index is 13.7. The SMILES string of the molecule is Cc1cnc(CN(Cc2ccc(-c3ccc(CNCCc4ccc(S(C)(=O)=O)cc4)cn3)cc2)C(=O)c2ccc([N+](=O)[O-])c(C)c2)cn1.O=C(O)C(F)(F)F. The van der Waals surface area contributed by atoms with Crippen LogP contribution in [0.15, 0.2) is 102 Å². The summed E-state index contributed by atoms with van der Waals surface area (Å²) < 4.78 is 55.0. The molecule has 0 aliphatic rings. The number of carboxylic acid groups (broad SMARTS) is 1. The van der Waals surface area contributed by atoms with Crippen molar-refractivity contribution in [2.24, 2.45) is 0 Å². The van der Waals surface area contributed by atoms with Gasteiger partial charge in [-0.1, -0.05) is 42.5 Å². The summed E-state index contributed by atoms with van der Waals surface area (Å²) in [5.41, 5.74) is 6.89. The second-order valence-corrected chi connectivity index (χ2v) is 14.5. The van der Waals surface area contributed by atoms with Crippen LogP contribution in [0.2, 0.25) is 0 Å². The number of nitro groups is 1. The predicted molar refractivity (Wildman–Crippen MR) is 197 cm³/mol. The second-order valence-electron chi connectivity index (χ2n) is 12.5. The van der Waals surface area contributed by atoms with Crippen LogP contribution in [0.3, 0.4) is 0 Å². The average Bonchev–Trinajstić information content (AvgIpc) is 3.14. The molecule has 0 aliphatic heterocycles. The number of nitrogens with one attached hydrogen (secondary N) is 1. The standard InChI is InChI=1S/C36H36N6O5S.C2HF3O2/c1-25-18-31(11-15-35(25)42(44)45)36(43)41(24-32-22-38-26(2)19-39-32)23-28-4-9-30(10-5-28)34-14-8-29(21-40-34)20-37-17-16-27-6-12-33(13-7-27)48(3,46)47;3-2(4,5)1(6)7/h4-15,18-19,21-22,37H,16-17,20,23-24H2,1-3H3;(H,6,7). The van der Waals surface area contributed by atoms with Crippen LogP contribution in [-0.2, 0) is 40.7 Å². The first kappa shape index (κ1) is 41.7. The first-order valence-corrected chi connectivity index (χ1v) is 18.5. The summed E-state index contributed by atoms with van der Waals surface area (Å²) in [4.78, 5) is 48.7. The number of aryl methyl sites for hydroxylation is 2. The van der Waals surface area contributed by atoms with Gasteiger partial charge in [0, 0.05) is 54.5 Å². The number of rotatable bonds is 13. The van der Waals surface area contributed by atoms with Gasteiger partial charge in [-0.25, -0.2) is 13.2 Å². The number of aromatic nitrogens is 3. The van der Waals surface area contributed by atoms with Gasteiger partial charge in [0.15, 0.2) is 9.84 Å². The van der Waals surface area contributed by atoms with Crippen molar-refractivity contribution >= 4 is 27.4 Å². The van der Waals surface area contributed by atoms with Gasteiger partial charge < -0.3 is 15.3 Å². The number of carbonyl (C=O) groups excluding carboxylic acids is 1. The van der Waals surface area contributed by atoms with Crippen molar-refractivity contribution in [1.29, 1.82) is 0 Å². The molecule has 0 unspecified atom stereocenters. The number of alkyl halides is 3. The van der Waals surface area contributed by atoms with Gasteiger partial charge in [-0.2, -0.15) is 13.2 Å². The molecule has 0 atom stereocenters. The molecule has 0 aliphatic carbocycles. The monoisotopic (exact) mass is 778 g/mol. The van der Waals surface area contributed by atoms with Gasteiger partial charge >= 0.3 is 12.1 Å². The van der Waals surface area contributed by atoms with Crippen molar-refractivity contribution in [3.05, 3.63) is 147 Å². The molecule has 0 saturated carbocycles. The summed E-state index contributed by atoms with van der Waals surface area (Å²) in [5, 5.41) is 21.8. The topological polar surface area (TPSA) is 186 Å². The molecule has 5 aromatic rings. The van der Waals surface area contributed by atoms with E-state index in [0.717, 1.165) is 46.6 Å². The van der Waals surface area contributed by atoms with Gasteiger partial charge in [0.25, 0.3) is 11.6 Å². The summed E-state index contributed by atoms with van der Waals surface area (Å²) in [6.07, 6.45) is 2.03. The van der Waals surface area contributed by atoms with Crippen LogP contribution in [0.5, 0.6) is 0 Å². The normalized spacial score (nSPS) is 11.3. The number of amides is 1. The maximum atomic E-state index is 13.7. The lowest BCUT2D eigenvalue weighted by molar-refractivity contribution is -0.385. The molecule has 13 nitrogen and oxygen atoms in total. The third-order valence-corrected chi connectivity index (χ3v) is 9.20. The van der Waals surface area contributed by atoms with Gasteiger partial charge in [-0.3, -0.25) is 29.9 Å². The highest BCUT2D eigenvalue weighted by Gasteiger charge is 2.38. The van der Waals surface area contributed by atoms with Crippen LogP contribution in [0.25, 0.3) is 11.3 Å². The second kappa shape index (κ2) is 18.3. The molecule has 5 rings (SSSR count). The Morgan fingerprint density at radius 2 is 1.49 bits per heavy atom. The largest absolute Gasteiger partial charge is 0.490 e. The van der Waals surface area contributed by atoms with Crippen LogP contribution in [0, 0.1) is 24.0 Å². The van der Waals surface area contributed by atoms with Gasteiger partial charge in [0.1, 0.15) is 0 Å². The molecule has 2 heterocycles. The summed E-state index contributed by atoms with van der Waals surface area (Å²) in [5.74, 6) is -3.03. The van der Waals surface area contributed by atoms with E-state index in [4.69, 9.17) is 9.90 Å². The minimum atomic E-state index is -5.08. The molecule has 0 saturated heterocycles. The Labute approximate surface area is 315 Å². The summed E-state index contributed by atoms with van der Waals surface area (Å²) in [6.45, 7) is 5.36. The van der Waals surface area contributed by atoms with Crippen molar-refractivity contribution < 1.29 is 41.2 Å². The Balaban J connectivity index is 0.000000876. The van der Waals surface area contributed by atoms with E-state index in [9.17, 15) is 36.5 Å². The fourth-order valence-electron chi connectivity index (χ4n) is 5.14. The number of sulfone groups is 1. The Kier molecular flexibility index (Phi) is 13.9. The van der Waals surface area contributed by atoms with Gasteiger partial charge in [0.2, 0.25) is 0 Å². The van der Waals surface area contributed by atoms with E-state index in [0.29, 0.717) is 34.8 Å². The molecular formula is C38H37F3N6O7S. The van der Waals surface area contributed by atoms with E-state index in [1.165, 1.54) is 18.4 Å². The highest BCUT2D eigenvalue weighted by atomic mass is 32.2. The summed E-state index contributed by atoms with van der Waals surface area (Å²) in [6, 6.07) is 23.2. The number of hydrogen-bond donors (Lipinski definition) is 2. The first-order valence-electron chi connectivity index (χ1n) is 16.6. The number of carbonyl (C=O) groups is 2. The van der Waals surface area contributed by atoms with E-state index < -0.39 is 26.9 Å². The summed E-state index contributed by atoms with van der Waals surface area (Å²) in [7, 11) is -3.20. The Hall–Kier alpha value is -6.07. The molecule has 2 aromatic heterocycles. The average molecular weight is 779 g/mol. The predicted octanol–water partition coefficient (Wildman–Crippen LogP) is 6.28. The molecule has 0 bridgehead atoms. The molecular weight excluding hydrogens is 742 g/mol. The molecule has 288 valence electrons. The van der Waals surface area contributed by atoms with E-state index >= 15 is 0 Å². The van der Waals surface area contributed by atoms with Crippen molar-refractivity contribution in [2.75, 3.05) is 12.8 Å². The molecule has 17 heteroatoms. The zero-order chi connectivity index (χ0) is 40.3. The molecule has 1 amide bonds. The number of hydrogen-bond acceptors (Lipinski definition) is 10. The fraction of sp³-hybridized carbons (Fsp3) is 0.237. The Morgan fingerprint density at radius 1 is 0.855 bits per heavy atom. The minimum absolute atomic E-state index is 0.0351. The maximum Gasteiger partial charge on any atom is 0.490 e. The van der Waals surface area contributed by atoms with Crippen molar-refractivity contribution in [1.82, 2.24) is 25.2 Å². The van der Waals surface area contributed by atoms with Gasteiger partial charge in [-0.15, -0.1) is 0 Å². The minimum Gasteiger partial charge on any atom is -0.475 e. The molecule has 0 radical (unpaired) electrons. The van der Waals surface area contributed by atoms with E-state index in [1.54, 1.807) is 42.4 Å². The van der Waals surface area contributed by atoms with Gasteiger partial charge in [0.05, 0.1) is 39.6 Å². The van der Waals surface area contributed by atoms with Gasteiger partial charge in [-0.05, 0) is 73.8 Å². The van der Waals surface area contributed by atoms with Crippen LogP contribution in [0.1, 0.15) is 44.0 Å². The van der Waals surface area contributed by atoms with Crippen LogP contribution >= 0.6 is 0 Å². The fourth-order valence-corrected chi connectivity index (χ4v) is 5.77. The zero-order valence-electron chi connectivity index (χ0n) is 29.9. The number of halogens is 3. The molecule has 55 heavy (non-hydrogen) atoms. The number of aliphatic carboxylic acids is 1. The number of nitro benzene ring substituents is 1. The van der Waals surface area contributed by atoms with Crippen molar-refractivity contribution in [2.45, 2.75) is 51.0 Å². The number of pyridine rings is 1. The third-order valence-electron chi connectivity index (χ3n) is 8.08. The smallest absolute Gasteiger partial charge is 0.475 e. The Bertz CT molecular complexity index is 2220. The highest BCUT2D eigenvalue weighted by Crippen LogP contribution is 2.23. The molecule has 0 fully saturated rings. The lowest BCUT2D eigenvalue weighted by atomic mass is 10.1. The van der Waals surface area contributed by atoms with Crippen LogP contribution < -0.4 is 5.32 Å². The first-order chi connectivity index (χ1) is 25.9. The quantitative estimate of drug-likeness (QED) is 0.0779. The van der Waals surface area contributed by atoms with E-state index in [2.05, 4.69) is 20.3 Å². The van der Waals surface area contributed by atoms with Crippen molar-refractivity contribution in [3.8, 4) is 11.3 Å². The Morgan fingerprint density at radius 3 is 2.02 bits per heavy atom. The lowest BCUT2D eigenvalue weighted by Crippen LogP contribution is -2.30. The molecule has 3 aromatic carbocycles. The van der Waals surface area contributed by atoms with Crippen molar-refractivity contribution in [3.63, 3.8) is 0 Å². The number of benzene rings is 3. The summed E-state index contributed by atoms with van der Waals surface area (Å²) >= 11 is 0. The number of nitrogens with zero attached hydrogens (tertiary/aromatic N) is 5. The molecule has 0 spiro atoms.